The number of rotatable bonds is 6. The van der Waals surface area contributed by atoms with Gasteiger partial charge in [-0.15, -0.1) is 0 Å². The van der Waals surface area contributed by atoms with Crippen LogP contribution in [0.15, 0.2) is 48.7 Å². The van der Waals surface area contributed by atoms with Crippen molar-refractivity contribution in [2.75, 3.05) is 23.8 Å². The molecule has 120 valence electrons. The van der Waals surface area contributed by atoms with E-state index < -0.39 is 0 Å². The van der Waals surface area contributed by atoms with E-state index in [9.17, 15) is 4.79 Å². The van der Waals surface area contributed by atoms with Crippen molar-refractivity contribution in [1.29, 1.82) is 0 Å². The number of carbonyl (C=O) groups is 1. The highest BCUT2D eigenvalue weighted by molar-refractivity contribution is 5.94. The molecule has 0 spiro atoms. The first-order valence-corrected chi connectivity index (χ1v) is 7.97. The third kappa shape index (κ3) is 4.53. The Hall–Kier alpha value is -2.40. The highest BCUT2D eigenvalue weighted by Gasteiger charge is 2.23. The Balaban J connectivity index is 1.46. The van der Waals surface area contributed by atoms with Gasteiger partial charge in [0.2, 0.25) is 0 Å². The number of carbonyl (C=O) groups excluding carboxylic acids is 1. The van der Waals surface area contributed by atoms with Crippen LogP contribution in [-0.2, 0) is 16.0 Å². The van der Waals surface area contributed by atoms with Crippen molar-refractivity contribution in [2.24, 2.45) is 0 Å². The van der Waals surface area contributed by atoms with Crippen molar-refractivity contribution < 1.29 is 9.53 Å². The molecule has 5 heteroatoms. The average molecular weight is 311 g/mol. The van der Waals surface area contributed by atoms with Crippen molar-refractivity contribution in [3.8, 4) is 0 Å². The third-order valence-electron chi connectivity index (χ3n) is 3.82. The molecule has 1 aliphatic rings. The topological polar surface area (TPSA) is 63.2 Å². The lowest BCUT2D eigenvalue weighted by Crippen LogP contribution is -2.26. The Labute approximate surface area is 136 Å². The average Bonchev–Trinajstić information content (AvgIpc) is 3.12. The monoisotopic (exact) mass is 311 g/mol. The van der Waals surface area contributed by atoms with Crippen LogP contribution in [0.1, 0.15) is 18.4 Å². The SMILES string of the molecule is O=C(Nc1ccc(NCCc2ccccc2)nc1)C1CCCO1. The summed E-state index contributed by atoms with van der Waals surface area (Å²) in [6.45, 7) is 1.49. The summed E-state index contributed by atoms with van der Waals surface area (Å²) in [5.74, 6) is 0.713. The molecule has 0 saturated carbocycles. The first kappa shape index (κ1) is 15.5. The van der Waals surface area contributed by atoms with Crippen LogP contribution in [0.5, 0.6) is 0 Å². The molecule has 2 aromatic rings. The van der Waals surface area contributed by atoms with E-state index in [-0.39, 0.29) is 12.0 Å². The van der Waals surface area contributed by atoms with Crippen LogP contribution in [0.25, 0.3) is 0 Å². The molecule has 5 nitrogen and oxygen atoms in total. The molecule has 1 atom stereocenters. The molecule has 2 N–H and O–H groups in total. The smallest absolute Gasteiger partial charge is 0.253 e. The number of nitrogens with zero attached hydrogens (tertiary/aromatic N) is 1. The normalized spacial score (nSPS) is 17.0. The van der Waals surface area contributed by atoms with Gasteiger partial charge in [-0.25, -0.2) is 4.98 Å². The molecule has 1 aromatic carbocycles. The van der Waals surface area contributed by atoms with Gasteiger partial charge < -0.3 is 15.4 Å². The van der Waals surface area contributed by atoms with E-state index in [1.165, 1.54) is 5.56 Å². The number of pyridine rings is 1. The summed E-state index contributed by atoms with van der Waals surface area (Å²) in [5.41, 5.74) is 1.99. The van der Waals surface area contributed by atoms with Crippen LogP contribution in [-0.4, -0.2) is 30.1 Å². The minimum atomic E-state index is -0.321. The van der Waals surface area contributed by atoms with Gasteiger partial charge in [0.15, 0.2) is 0 Å². The van der Waals surface area contributed by atoms with Gasteiger partial charge in [-0.05, 0) is 37.0 Å². The summed E-state index contributed by atoms with van der Waals surface area (Å²) in [5, 5.41) is 6.12. The summed E-state index contributed by atoms with van der Waals surface area (Å²) in [6, 6.07) is 14.0. The zero-order valence-electron chi connectivity index (χ0n) is 13.0. The number of anilines is 2. The lowest BCUT2D eigenvalue weighted by Gasteiger charge is -2.11. The van der Waals surface area contributed by atoms with E-state index in [0.717, 1.165) is 31.6 Å². The minimum Gasteiger partial charge on any atom is -0.370 e. The minimum absolute atomic E-state index is 0.0888. The zero-order valence-corrected chi connectivity index (χ0v) is 13.0. The van der Waals surface area contributed by atoms with Crippen LogP contribution in [0.3, 0.4) is 0 Å². The number of hydrogen-bond acceptors (Lipinski definition) is 4. The number of benzene rings is 1. The predicted molar refractivity (Wildman–Crippen MR) is 90.5 cm³/mol. The lowest BCUT2D eigenvalue weighted by molar-refractivity contribution is -0.124. The second-order valence-corrected chi connectivity index (χ2v) is 5.59. The van der Waals surface area contributed by atoms with Gasteiger partial charge in [0.05, 0.1) is 11.9 Å². The Morgan fingerprint density at radius 2 is 2.09 bits per heavy atom. The molecule has 3 rings (SSSR count). The molecule has 0 aliphatic carbocycles. The molecule has 1 aliphatic heterocycles. The van der Waals surface area contributed by atoms with Crippen molar-refractivity contribution >= 4 is 17.4 Å². The molecule has 1 amide bonds. The number of hydrogen-bond donors (Lipinski definition) is 2. The van der Waals surface area contributed by atoms with E-state index in [1.54, 1.807) is 6.20 Å². The van der Waals surface area contributed by atoms with E-state index in [4.69, 9.17) is 4.74 Å². The molecule has 2 heterocycles. The van der Waals surface area contributed by atoms with Gasteiger partial charge in [0.25, 0.3) is 5.91 Å². The van der Waals surface area contributed by atoms with Gasteiger partial charge in [-0.1, -0.05) is 30.3 Å². The van der Waals surface area contributed by atoms with Crippen molar-refractivity contribution in [1.82, 2.24) is 4.98 Å². The Morgan fingerprint density at radius 1 is 1.22 bits per heavy atom. The molecule has 1 saturated heterocycles. The maximum absolute atomic E-state index is 11.9. The predicted octanol–water partition coefficient (Wildman–Crippen LogP) is 2.85. The van der Waals surface area contributed by atoms with Gasteiger partial charge in [0.1, 0.15) is 11.9 Å². The first-order chi connectivity index (χ1) is 11.3. The number of aromatic nitrogens is 1. The number of nitrogens with one attached hydrogen (secondary N) is 2. The lowest BCUT2D eigenvalue weighted by atomic mass is 10.1. The van der Waals surface area contributed by atoms with Crippen LogP contribution in [0, 0.1) is 0 Å². The van der Waals surface area contributed by atoms with Crippen LogP contribution < -0.4 is 10.6 Å². The van der Waals surface area contributed by atoms with E-state index in [2.05, 4.69) is 27.8 Å². The van der Waals surface area contributed by atoms with E-state index >= 15 is 0 Å². The van der Waals surface area contributed by atoms with Crippen LogP contribution >= 0.6 is 0 Å². The van der Waals surface area contributed by atoms with Gasteiger partial charge in [0, 0.05) is 13.2 Å². The highest BCUT2D eigenvalue weighted by Crippen LogP contribution is 2.15. The second-order valence-electron chi connectivity index (χ2n) is 5.59. The number of ether oxygens (including phenoxy) is 1. The van der Waals surface area contributed by atoms with Gasteiger partial charge >= 0.3 is 0 Å². The third-order valence-corrected chi connectivity index (χ3v) is 3.82. The van der Waals surface area contributed by atoms with Crippen molar-refractivity contribution in [3.05, 3.63) is 54.2 Å². The van der Waals surface area contributed by atoms with E-state index in [1.807, 2.05) is 30.3 Å². The molecule has 1 unspecified atom stereocenters. The summed E-state index contributed by atoms with van der Waals surface area (Å²) in [7, 11) is 0. The maximum Gasteiger partial charge on any atom is 0.253 e. The fraction of sp³-hybridized carbons (Fsp3) is 0.333. The van der Waals surface area contributed by atoms with Crippen LogP contribution in [0.4, 0.5) is 11.5 Å². The molecule has 23 heavy (non-hydrogen) atoms. The fourth-order valence-electron chi connectivity index (χ4n) is 2.56. The molecule has 1 aromatic heterocycles. The molecule has 0 radical (unpaired) electrons. The molecule has 1 fully saturated rings. The maximum atomic E-state index is 11.9. The van der Waals surface area contributed by atoms with Gasteiger partial charge in [-0.3, -0.25) is 4.79 Å². The Morgan fingerprint density at radius 3 is 2.78 bits per heavy atom. The van der Waals surface area contributed by atoms with E-state index in [0.29, 0.717) is 12.3 Å². The van der Waals surface area contributed by atoms with Crippen LogP contribution in [0.2, 0.25) is 0 Å². The molecular weight excluding hydrogens is 290 g/mol. The Bertz CT molecular complexity index is 622. The fourth-order valence-corrected chi connectivity index (χ4v) is 2.56. The largest absolute Gasteiger partial charge is 0.370 e. The number of amides is 1. The molecule has 0 bridgehead atoms. The van der Waals surface area contributed by atoms with Gasteiger partial charge in [-0.2, -0.15) is 0 Å². The summed E-state index contributed by atoms with van der Waals surface area (Å²) in [4.78, 5) is 16.3. The highest BCUT2D eigenvalue weighted by atomic mass is 16.5. The second kappa shape index (κ2) is 7.74. The standard InChI is InChI=1S/C18H21N3O2/c22-18(16-7-4-12-23-16)21-15-8-9-17(20-13-15)19-11-10-14-5-2-1-3-6-14/h1-3,5-6,8-9,13,16H,4,7,10-12H2,(H,19,20)(H,21,22). The summed E-state index contributed by atoms with van der Waals surface area (Å²) in [6.07, 6.45) is 4.02. The zero-order chi connectivity index (χ0) is 15.9. The van der Waals surface area contributed by atoms with Crippen molar-refractivity contribution in [3.63, 3.8) is 0 Å². The summed E-state index contributed by atoms with van der Waals surface area (Å²) >= 11 is 0. The quantitative estimate of drug-likeness (QED) is 0.861. The molecular formula is C18H21N3O2. The summed E-state index contributed by atoms with van der Waals surface area (Å²) < 4.78 is 5.36. The Kier molecular flexibility index (Phi) is 5.21. The first-order valence-electron chi connectivity index (χ1n) is 7.97. The van der Waals surface area contributed by atoms with Crippen molar-refractivity contribution in [2.45, 2.75) is 25.4 Å².